The number of para-hydroxylation sites is 1. The fourth-order valence-electron chi connectivity index (χ4n) is 2.98. The second-order valence-corrected chi connectivity index (χ2v) is 5.22. The molecule has 1 atom stereocenters. The summed E-state index contributed by atoms with van der Waals surface area (Å²) in [6.07, 6.45) is 4.55. The first kappa shape index (κ1) is 13.7. The van der Waals surface area contributed by atoms with E-state index in [1.165, 1.54) is 5.56 Å². The molecule has 0 spiro atoms. The minimum Gasteiger partial charge on any atom is -0.357 e. The number of rotatable bonds is 4. The summed E-state index contributed by atoms with van der Waals surface area (Å²) in [6.45, 7) is 3.63. The molecule has 5 nitrogen and oxygen atoms in total. The van der Waals surface area contributed by atoms with E-state index in [1.54, 1.807) is 7.05 Å². The van der Waals surface area contributed by atoms with Gasteiger partial charge in [0, 0.05) is 38.1 Å². The Labute approximate surface area is 124 Å². The molecule has 0 saturated carbocycles. The molecule has 0 fully saturated rings. The second kappa shape index (κ2) is 5.60. The van der Waals surface area contributed by atoms with Gasteiger partial charge in [-0.15, -0.1) is 0 Å². The fraction of sp³-hybridized carbons (Fsp3) is 0.375. The van der Waals surface area contributed by atoms with Crippen LogP contribution in [0, 0.1) is 0 Å². The lowest BCUT2D eigenvalue weighted by atomic mass is 10.1. The maximum absolute atomic E-state index is 12.2. The number of hydrogen-bond acceptors (Lipinski definition) is 3. The first-order valence-corrected chi connectivity index (χ1v) is 7.30. The van der Waals surface area contributed by atoms with Crippen LogP contribution >= 0.6 is 0 Å². The van der Waals surface area contributed by atoms with Crippen LogP contribution < -0.4 is 10.2 Å². The number of amides is 1. The molecule has 2 heterocycles. The van der Waals surface area contributed by atoms with Crippen LogP contribution in [0.1, 0.15) is 18.3 Å². The summed E-state index contributed by atoms with van der Waals surface area (Å²) in [6, 6.07) is 8.06. The van der Waals surface area contributed by atoms with Gasteiger partial charge in [0.15, 0.2) is 0 Å². The van der Waals surface area contributed by atoms with Gasteiger partial charge in [-0.25, -0.2) is 4.98 Å². The van der Waals surface area contributed by atoms with Crippen LogP contribution in [0.5, 0.6) is 0 Å². The SMILES string of the molecule is CCn1ccnc1CN1c2ccccc2CC1C(=O)NC. The largest absolute Gasteiger partial charge is 0.357 e. The Morgan fingerprint density at radius 1 is 1.43 bits per heavy atom. The van der Waals surface area contributed by atoms with Gasteiger partial charge in [0.05, 0.1) is 6.54 Å². The Kier molecular flexibility index (Phi) is 3.64. The van der Waals surface area contributed by atoms with Gasteiger partial charge >= 0.3 is 0 Å². The van der Waals surface area contributed by atoms with Gasteiger partial charge in [-0.3, -0.25) is 4.79 Å². The third-order valence-corrected chi connectivity index (χ3v) is 4.09. The van der Waals surface area contributed by atoms with Crippen molar-refractivity contribution in [3.63, 3.8) is 0 Å². The molecule has 1 aliphatic rings. The van der Waals surface area contributed by atoms with Crippen LogP contribution in [0.15, 0.2) is 36.7 Å². The lowest BCUT2D eigenvalue weighted by molar-refractivity contribution is -0.121. The maximum Gasteiger partial charge on any atom is 0.242 e. The van der Waals surface area contributed by atoms with E-state index < -0.39 is 0 Å². The number of aryl methyl sites for hydroxylation is 1. The summed E-state index contributed by atoms with van der Waals surface area (Å²) in [5.74, 6) is 1.05. The zero-order valence-corrected chi connectivity index (χ0v) is 12.4. The van der Waals surface area contributed by atoms with E-state index in [4.69, 9.17) is 0 Å². The zero-order valence-electron chi connectivity index (χ0n) is 12.4. The number of anilines is 1. The van der Waals surface area contributed by atoms with Crippen molar-refractivity contribution in [1.29, 1.82) is 0 Å². The van der Waals surface area contributed by atoms with Gasteiger partial charge in [-0.05, 0) is 18.6 Å². The quantitative estimate of drug-likeness (QED) is 0.927. The van der Waals surface area contributed by atoms with Crippen LogP contribution in [0.25, 0.3) is 0 Å². The van der Waals surface area contributed by atoms with E-state index in [0.717, 1.165) is 24.5 Å². The summed E-state index contributed by atoms with van der Waals surface area (Å²) in [4.78, 5) is 18.8. The molecule has 1 aromatic carbocycles. The average molecular weight is 284 g/mol. The molecule has 1 unspecified atom stereocenters. The summed E-state index contributed by atoms with van der Waals surface area (Å²) in [5.41, 5.74) is 2.36. The van der Waals surface area contributed by atoms with E-state index in [0.29, 0.717) is 6.54 Å². The summed E-state index contributed by atoms with van der Waals surface area (Å²) < 4.78 is 2.11. The van der Waals surface area contributed by atoms with Crippen molar-refractivity contribution < 1.29 is 4.79 Å². The van der Waals surface area contributed by atoms with E-state index in [1.807, 2.05) is 24.5 Å². The van der Waals surface area contributed by atoms with Gasteiger partial charge in [0.1, 0.15) is 11.9 Å². The number of carbonyl (C=O) groups is 1. The van der Waals surface area contributed by atoms with Gasteiger partial charge < -0.3 is 14.8 Å². The van der Waals surface area contributed by atoms with Gasteiger partial charge in [0.2, 0.25) is 5.91 Å². The molecule has 1 aliphatic heterocycles. The standard InChI is InChI=1S/C16H20N4O/c1-3-19-9-8-18-15(19)11-20-13-7-5-4-6-12(13)10-14(20)16(21)17-2/h4-9,14H,3,10-11H2,1-2H3,(H,17,21). The molecule has 1 N–H and O–H groups in total. The molecule has 0 aliphatic carbocycles. The molecule has 5 heteroatoms. The Morgan fingerprint density at radius 3 is 3.00 bits per heavy atom. The number of nitrogens with zero attached hydrogens (tertiary/aromatic N) is 3. The molecule has 21 heavy (non-hydrogen) atoms. The predicted octanol–water partition coefficient (Wildman–Crippen LogP) is 1.58. The maximum atomic E-state index is 12.2. The number of carbonyl (C=O) groups excluding carboxylic acids is 1. The van der Waals surface area contributed by atoms with E-state index in [9.17, 15) is 4.79 Å². The summed E-state index contributed by atoms with van der Waals surface area (Å²) in [7, 11) is 1.69. The fourth-order valence-corrected chi connectivity index (χ4v) is 2.98. The smallest absolute Gasteiger partial charge is 0.242 e. The van der Waals surface area contributed by atoms with Crippen LogP contribution in [0.4, 0.5) is 5.69 Å². The first-order chi connectivity index (χ1) is 10.2. The molecule has 110 valence electrons. The van der Waals surface area contributed by atoms with Gasteiger partial charge in [-0.2, -0.15) is 0 Å². The molecule has 1 amide bonds. The summed E-state index contributed by atoms with van der Waals surface area (Å²) in [5, 5.41) is 2.77. The Bertz CT molecular complexity index is 649. The number of fused-ring (bicyclic) bond motifs is 1. The van der Waals surface area contributed by atoms with Crippen molar-refractivity contribution in [3.8, 4) is 0 Å². The minimum atomic E-state index is -0.158. The molecule has 3 rings (SSSR count). The van der Waals surface area contributed by atoms with Crippen LogP contribution in [-0.4, -0.2) is 28.5 Å². The lowest BCUT2D eigenvalue weighted by Gasteiger charge is -2.26. The predicted molar refractivity (Wildman–Crippen MR) is 82.1 cm³/mol. The highest BCUT2D eigenvalue weighted by Gasteiger charge is 2.34. The average Bonchev–Trinajstić information content (AvgIpc) is 3.11. The third kappa shape index (κ3) is 2.39. The first-order valence-electron chi connectivity index (χ1n) is 7.30. The van der Waals surface area contributed by atoms with Crippen molar-refractivity contribution in [1.82, 2.24) is 14.9 Å². The van der Waals surface area contributed by atoms with Gasteiger partial charge in [0.25, 0.3) is 0 Å². The topological polar surface area (TPSA) is 50.2 Å². The zero-order chi connectivity index (χ0) is 14.8. The highest BCUT2D eigenvalue weighted by molar-refractivity contribution is 5.88. The number of imidazole rings is 1. The van der Waals surface area contributed by atoms with Crippen molar-refractivity contribution in [2.45, 2.75) is 32.5 Å². The Hall–Kier alpha value is -2.30. The molecular formula is C16H20N4O. The van der Waals surface area contributed by atoms with Crippen molar-refractivity contribution in [2.24, 2.45) is 0 Å². The number of aromatic nitrogens is 2. The van der Waals surface area contributed by atoms with Crippen LogP contribution in [-0.2, 0) is 24.3 Å². The molecule has 0 radical (unpaired) electrons. The van der Waals surface area contributed by atoms with E-state index in [2.05, 4.69) is 38.8 Å². The number of benzene rings is 1. The highest BCUT2D eigenvalue weighted by atomic mass is 16.2. The minimum absolute atomic E-state index is 0.0563. The highest BCUT2D eigenvalue weighted by Crippen LogP contribution is 2.33. The summed E-state index contributed by atoms with van der Waals surface area (Å²) >= 11 is 0. The number of likely N-dealkylation sites (N-methyl/N-ethyl adjacent to an activating group) is 1. The monoisotopic (exact) mass is 284 g/mol. The van der Waals surface area contributed by atoms with Crippen molar-refractivity contribution in [2.75, 3.05) is 11.9 Å². The second-order valence-electron chi connectivity index (χ2n) is 5.22. The van der Waals surface area contributed by atoms with Crippen LogP contribution in [0.2, 0.25) is 0 Å². The lowest BCUT2D eigenvalue weighted by Crippen LogP contribution is -2.44. The molecular weight excluding hydrogens is 264 g/mol. The van der Waals surface area contributed by atoms with Crippen LogP contribution in [0.3, 0.4) is 0 Å². The van der Waals surface area contributed by atoms with Gasteiger partial charge in [-0.1, -0.05) is 18.2 Å². The normalized spacial score (nSPS) is 16.9. The van der Waals surface area contributed by atoms with E-state index in [-0.39, 0.29) is 11.9 Å². The Morgan fingerprint density at radius 2 is 2.24 bits per heavy atom. The molecule has 0 bridgehead atoms. The Balaban J connectivity index is 1.94. The number of hydrogen-bond donors (Lipinski definition) is 1. The van der Waals surface area contributed by atoms with E-state index >= 15 is 0 Å². The molecule has 2 aromatic rings. The van der Waals surface area contributed by atoms with Crippen molar-refractivity contribution >= 4 is 11.6 Å². The number of nitrogens with one attached hydrogen (secondary N) is 1. The van der Waals surface area contributed by atoms with Crippen molar-refractivity contribution in [3.05, 3.63) is 48.0 Å². The molecule has 1 aromatic heterocycles. The molecule has 0 saturated heterocycles. The third-order valence-electron chi connectivity index (χ3n) is 4.09.